The van der Waals surface area contributed by atoms with Crippen molar-refractivity contribution in [3.63, 3.8) is 0 Å². The van der Waals surface area contributed by atoms with E-state index in [-0.39, 0.29) is 5.91 Å². The van der Waals surface area contributed by atoms with Crippen LogP contribution in [0.4, 0.5) is 0 Å². The Morgan fingerprint density at radius 3 is 3.00 bits per heavy atom. The van der Waals surface area contributed by atoms with Crippen molar-refractivity contribution in [1.82, 2.24) is 20.4 Å². The zero-order chi connectivity index (χ0) is 11.4. The number of hydrogen-bond acceptors (Lipinski definition) is 3. The van der Waals surface area contributed by atoms with Crippen LogP contribution >= 0.6 is 0 Å². The highest BCUT2D eigenvalue weighted by molar-refractivity contribution is 5.93. The van der Waals surface area contributed by atoms with Crippen molar-refractivity contribution in [3.05, 3.63) is 18.0 Å². The van der Waals surface area contributed by atoms with Gasteiger partial charge in [-0.05, 0) is 32.9 Å². The third kappa shape index (κ3) is 2.61. The van der Waals surface area contributed by atoms with Gasteiger partial charge in [0.25, 0.3) is 5.91 Å². The molecule has 5 heteroatoms. The fraction of sp³-hybridized carbons (Fsp3) is 0.636. The summed E-state index contributed by atoms with van der Waals surface area (Å²) in [5.41, 5.74) is 0.653. The number of carbonyl (C=O) groups is 1. The predicted molar refractivity (Wildman–Crippen MR) is 61.3 cm³/mol. The van der Waals surface area contributed by atoms with E-state index in [4.69, 9.17) is 0 Å². The van der Waals surface area contributed by atoms with Crippen LogP contribution < -0.4 is 10.6 Å². The molecule has 88 valence electrons. The smallest absolute Gasteiger partial charge is 0.254 e. The summed E-state index contributed by atoms with van der Waals surface area (Å²) in [4.78, 5) is 11.9. The Kier molecular flexibility index (Phi) is 3.56. The van der Waals surface area contributed by atoms with Gasteiger partial charge in [0.2, 0.25) is 0 Å². The van der Waals surface area contributed by atoms with E-state index in [2.05, 4.69) is 15.7 Å². The molecule has 1 saturated heterocycles. The number of amides is 1. The summed E-state index contributed by atoms with van der Waals surface area (Å²) in [7, 11) is 0. The molecule has 0 spiro atoms. The molecule has 16 heavy (non-hydrogen) atoms. The Morgan fingerprint density at radius 1 is 1.62 bits per heavy atom. The van der Waals surface area contributed by atoms with Gasteiger partial charge in [0.15, 0.2) is 0 Å². The lowest BCUT2D eigenvalue weighted by Gasteiger charge is -2.23. The lowest BCUT2D eigenvalue weighted by atomic mass is 10.1. The van der Waals surface area contributed by atoms with Crippen molar-refractivity contribution >= 4 is 5.91 Å². The Labute approximate surface area is 95.2 Å². The molecule has 1 amide bonds. The van der Waals surface area contributed by atoms with E-state index >= 15 is 0 Å². The number of hydrogen-bond donors (Lipinski definition) is 2. The van der Waals surface area contributed by atoms with Crippen LogP contribution in [0.25, 0.3) is 0 Å². The van der Waals surface area contributed by atoms with E-state index in [9.17, 15) is 4.79 Å². The highest BCUT2D eigenvalue weighted by atomic mass is 16.1. The largest absolute Gasteiger partial charge is 0.349 e. The minimum atomic E-state index is -0.00778. The maximum atomic E-state index is 11.9. The number of aromatic nitrogens is 2. The zero-order valence-electron chi connectivity index (χ0n) is 9.57. The Morgan fingerprint density at radius 2 is 2.38 bits per heavy atom. The van der Waals surface area contributed by atoms with Gasteiger partial charge in [-0.3, -0.25) is 9.48 Å². The maximum absolute atomic E-state index is 11.9. The molecule has 1 aromatic heterocycles. The second-order valence-corrected chi connectivity index (χ2v) is 4.08. The Bertz CT molecular complexity index is 355. The van der Waals surface area contributed by atoms with Gasteiger partial charge in [0.05, 0.1) is 11.8 Å². The molecule has 0 aliphatic carbocycles. The molecule has 0 saturated carbocycles. The van der Waals surface area contributed by atoms with E-state index in [1.165, 1.54) is 0 Å². The first-order valence-electron chi connectivity index (χ1n) is 5.83. The number of piperidine rings is 1. The van der Waals surface area contributed by atoms with Crippen LogP contribution in [0.3, 0.4) is 0 Å². The Balaban J connectivity index is 1.91. The minimum Gasteiger partial charge on any atom is -0.349 e. The van der Waals surface area contributed by atoms with Crippen LogP contribution in [-0.2, 0) is 6.54 Å². The molecular weight excluding hydrogens is 204 g/mol. The number of carbonyl (C=O) groups excluding carboxylic acids is 1. The van der Waals surface area contributed by atoms with Crippen molar-refractivity contribution in [2.45, 2.75) is 32.4 Å². The molecule has 1 fully saturated rings. The van der Waals surface area contributed by atoms with Gasteiger partial charge in [-0.2, -0.15) is 5.10 Å². The molecule has 0 aromatic carbocycles. The van der Waals surface area contributed by atoms with E-state index in [0.717, 1.165) is 32.5 Å². The predicted octanol–water partition coefficient (Wildman–Crippen LogP) is 0.385. The topological polar surface area (TPSA) is 59.0 Å². The van der Waals surface area contributed by atoms with Crippen LogP contribution in [0, 0.1) is 0 Å². The third-order valence-corrected chi connectivity index (χ3v) is 2.89. The zero-order valence-corrected chi connectivity index (χ0v) is 9.57. The van der Waals surface area contributed by atoms with Crippen LogP contribution in [-0.4, -0.2) is 34.8 Å². The third-order valence-electron chi connectivity index (χ3n) is 2.89. The van der Waals surface area contributed by atoms with Gasteiger partial charge in [-0.25, -0.2) is 0 Å². The molecule has 2 heterocycles. The first-order chi connectivity index (χ1) is 7.79. The standard InChI is InChI=1S/C11H18N4O/c1-2-15-8-9(7-13-15)11(16)14-10-3-5-12-6-4-10/h7-8,10,12H,2-6H2,1H3,(H,14,16). The fourth-order valence-electron chi connectivity index (χ4n) is 1.89. The van der Waals surface area contributed by atoms with Crippen LogP contribution in [0.15, 0.2) is 12.4 Å². The van der Waals surface area contributed by atoms with Gasteiger partial charge in [-0.15, -0.1) is 0 Å². The van der Waals surface area contributed by atoms with Crippen molar-refractivity contribution in [2.75, 3.05) is 13.1 Å². The summed E-state index contributed by atoms with van der Waals surface area (Å²) in [6.45, 7) is 4.76. The summed E-state index contributed by atoms with van der Waals surface area (Å²) < 4.78 is 1.76. The molecule has 1 aliphatic rings. The van der Waals surface area contributed by atoms with Crippen LogP contribution in [0.2, 0.25) is 0 Å². The van der Waals surface area contributed by atoms with E-state index < -0.39 is 0 Å². The second kappa shape index (κ2) is 5.12. The summed E-state index contributed by atoms with van der Waals surface area (Å²) in [6.07, 6.45) is 5.43. The average Bonchev–Trinajstić information content (AvgIpc) is 2.79. The molecule has 0 bridgehead atoms. The SMILES string of the molecule is CCn1cc(C(=O)NC2CCNCC2)cn1. The van der Waals surface area contributed by atoms with Crippen molar-refractivity contribution < 1.29 is 4.79 Å². The lowest BCUT2D eigenvalue weighted by Crippen LogP contribution is -2.42. The molecule has 1 aromatic rings. The number of rotatable bonds is 3. The molecule has 5 nitrogen and oxygen atoms in total. The molecule has 0 radical (unpaired) electrons. The molecule has 2 rings (SSSR count). The van der Waals surface area contributed by atoms with Gasteiger partial charge < -0.3 is 10.6 Å². The number of nitrogens with one attached hydrogen (secondary N) is 2. The van der Waals surface area contributed by atoms with E-state index in [0.29, 0.717) is 11.6 Å². The Hall–Kier alpha value is -1.36. The van der Waals surface area contributed by atoms with Gasteiger partial charge in [0.1, 0.15) is 0 Å². The fourth-order valence-corrected chi connectivity index (χ4v) is 1.89. The highest BCUT2D eigenvalue weighted by Gasteiger charge is 2.16. The van der Waals surface area contributed by atoms with Gasteiger partial charge in [-0.1, -0.05) is 0 Å². The highest BCUT2D eigenvalue weighted by Crippen LogP contribution is 2.04. The summed E-state index contributed by atoms with van der Waals surface area (Å²) in [5, 5.41) is 10.4. The number of nitrogens with zero attached hydrogens (tertiary/aromatic N) is 2. The monoisotopic (exact) mass is 222 g/mol. The first kappa shape index (κ1) is 11.1. The molecule has 0 atom stereocenters. The van der Waals surface area contributed by atoms with Gasteiger partial charge in [0, 0.05) is 18.8 Å². The number of aryl methyl sites for hydroxylation is 1. The summed E-state index contributed by atoms with van der Waals surface area (Å²) in [5.74, 6) is -0.00778. The molecule has 1 aliphatic heterocycles. The quantitative estimate of drug-likeness (QED) is 0.777. The maximum Gasteiger partial charge on any atom is 0.254 e. The summed E-state index contributed by atoms with van der Waals surface area (Å²) >= 11 is 0. The molecular formula is C11H18N4O. The van der Waals surface area contributed by atoms with Crippen LogP contribution in [0.1, 0.15) is 30.1 Å². The normalized spacial score (nSPS) is 17.3. The van der Waals surface area contributed by atoms with Crippen molar-refractivity contribution in [2.24, 2.45) is 0 Å². The first-order valence-corrected chi connectivity index (χ1v) is 5.83. The second-order valence-electron chi connectivity index (χ2n) is 4.08. The van der Waals surface area contributed by atoms with E-state index in [1.54, 1.807) is 17.1 Å². The van der Waals surface area contributed by atoms with Crippen molar-refractivity contribution in [3.8, 4) is 0 Å². The summed E-state index contributed by atoms with van der Waals surface area (Å²) in [6, 6.07) is 0.304. The van der Waals surface area contributed by atoms with Crippen molar-refractivity contribution in [1.29, 1.82) is 0 Å². The van der Waals surface area contributed by atoms with Gasteiger partial charge >= 0.3 is 0 Å². The average molecular weight is 222 g/mol. The van der Waals surface area contributed by atoms with E-state index in [1.807, 2.05) is 6.92 Å². The molecule has 2 N–H and O–H groups in total. The van der Waals surface area contributed by atoms with Crippen LogP contribution in [0.5, 0.6) is 0 Å². The minimum absolute atomic E-state index is 0.00778. The lowest BCUT2D eigenvalue weighted by molar-refractivity contribution is 0.0929. The molecule has 0 unspecified atom stereocenters.